The van der Waals surface area contributed by atoms with Crippen molar-refractivity contribution in [2.45, 2.75) is 20.3 Å². The quantitative estimate of drug-likeness (QED) is 0.885. The number of amides is 1. The summed E-state index contributed by atoms with van der Waals surface area (Å²) in [5.41, 5.74) is 0.282. The largest absolute Gasteiger partial charge is 0.481 e. The Morgan fingerprint density at radius 3 is 2.71 bits per heavy atom. The molecule has 2 N–H and O–H groups in total. The van der Waals surface area contributed by atoms with E-state index in [9.17, 15) is 14.7 Å². The molecule has 2 aromatic rings. The average Bonchev–Trinajstić information content (AvgIpc) is 2.51. The van der Waals surface area contributed by atoms with Gasteiger partial charge in [-0.2, -0.15) is 0 Å². The van der Waals surface area contributed by atoms with E-state index in [1.165, 1.54) is 0 Å². The zero-order valence-electron chi connectivity index (χ0n) is 12.1. The summed E-state index contributed by atoms with van der Waals surface area (Å²) in [7, 11) is 0. The Labute approximate surface area is 123 Å². The molecule has 21 heavy (non-hydrogen) atoms. The molecule has 1 aromatic heterocycles. The number of rotatable bonds is 5. The average molecular weight is 286 g/mol. The van der Waals surface area contributed by atoms with Gasteiger partial charge in [-0.05, 0) is 31.5 Å². The lowest BCUT2D eigenvalue weighted by Crippen LogP contribution is -2.40. The Bertz CT molecular complexity index is 679. The van der Waals surface area contributed by atoms with Gasteiger partial charge in [0.15, 0.2) is 0 Å². The maximum Gasteiger partial charge on any atom is 0.311 e. The molecule has 1 atom stereocenters. The Hall–Kier alpha value is -2.43. The van der Waals surface area contributed by atoms with Gasteiger partial charge in [0.05, 0.1) is 10.9 Å². The van der Waals surface area contributed by atoms with Gasteiger partial charge in [0.2, 0.25) is 0 Å². The van der Waals surface area contributed by atoms with Crippen molar-refractivity contribution in [2.24, 2.45) is 5.41 Å². The third-order valence-electron chi connectivity index (χ3n) is 3.83. The molecule has 0 fully saturated rings. The summed E-state index contributed by atoms with van der Waals surface area (Å²) in [6.07, 6.45) is 2.11. The molecule has 0 aliphatic rings. The molecule has 1 unspecified atom stereocenters. The van der Waals surface area contributed by atoms with Crippen LogP contribution in [0.5, 0.6) is 0 Å². The summed E-state index contributed by atoms with van der Waals surface area (Å²) in [5, 5.41) is 12.7. The second kappa shape index (κ2) is 5.91. The molecule has 1 amide bonds. The number of carboxylic acid groups (broad SMARTS) is 1. The molecule has 1 heterocycles. The van der Waals surface area contributed by atoms with Gasteiger partial charge in [0.25, 0.3) is 5.91 Å². The van der Waals surface area contributed by atoms with Crippen LogP contribution in [0.2, 0.25) is 0 Å². The number of aliphatic carboxylic acids is 1. The molecule has 0 saturated heterocycles. The van der Waals surface area contributed by atoms with E-state index in [1.807, 2.05) is 12.1 Å². The van der Waals surface area contributed by atoms with Gasteiger partial charge in [-0.3, -0.25) is 14.6 Å². The summed E-state index contributed by atoms with van der Waals surface area (Å²) in [6.45, 7) is 3.51. The fraction of sp³-hybridized carbons (Fsp3) is 0.312. The molecule has 5 heteroatoms. The lowest BCUT2D eigenvalue weighted by molar-refractivity contribution is -0.147. The molecule has 0 aliphatic carbocycles. The van der Waals surface area contributed by atoms with Gasteiger partial charge in [-0.15, -0.1) is 0 Å². The lowest BCUT2D eigenvalue weighted by Gasteiger charge is -2.23. The Morgan fingerprint density at radius 1 is 1.29 bits per heavy atom. The van der Waals surface area contributed by atoms with Crippen molar-refractivity contribution in [1.82, 2.24) is 10.3 Å². The number of carbonyl (C=O) groups excluding carboxylic acids is 1. The van der Waals surface area contributed by atoms with Gasteiger partial charge >= 0.3 is 5.97 Å². The van der Waals surface area contributed by atoms with E-state index in [-0.39, 0.29) is 12.5 Å². The van der Waals surface area contributed by atoms with Gasteiger partial charge in [-0.1, -0.05) is 19.1 Å². The first kappa shape index (κ1) is 15.0. The number of pyridine rings is 1. The molecule has 0 bridgehead atoms. The predicted molar refractivity (Wildman–Crippen MR) is 80.1 cm³/mol. The van der Waals surface area contributed by atoms with Crippen LogP contribution in [0.25, 0.3) is 10.9 Å². The van der Waals surface area contributed by atoms with Crippen LogP contribution in [0.1, 0.15) is 30.6 Å². The normalized spacial score (nSPS) is 13.6. The SMILES string of the molecule is CCC(C)(CNC(=O)c1cccc2ncccc12)C(=O)O. The summed E-state index contributed by atoms with van der Waals surface area (Å²) >= 11 is 0. The van der Waals surface area contributed by atoms with Crippen LogP contribution in [-0.4, -0.2) is 28.5 Å². The van der Waals surface area contributed by atoms with Gasteiger partial charge < -0.3 is 10.4 Å². The summed E-state index contributed by atoms with van der Waals surface area (Å²) in [4.78, 5) is 27.8. The summed E-state index contributed by atoms with van der Waals surface area (Å²) in [5.74, 6) is -1.19. The van der Waals surface area contributed by atoms with Crippen molar-refractivity contribution in [3.05, 3.63) is 42.1 Å². The molecule has 0 spiro atoms. The first-order valence-corrected chi connectivity index (χ1v) is 6.83. The number of benzene rings is 1. The summed E-state index contributed by atoms with van der Waals surface area (Å²) in [6, 6.07) is 8.91. The van der Waals surface area contributed by atoms with E-state index < -0.39 is 11.4 Å². The number of nitrogens with one attached hydrogen (secondary N) is 1. The topological polar surface area (TPSA) is 79.3 Å². The van der Waals surface area contributed by atoms with Crippen LogP contribution in [-0.2, 0) is 4.79 Å². The number of carboxylic acids is 1. The van der Waals surface area contributed by atoms with Crippen molar-refractivity contribution >= 4 is 22.8 Å². The zero-order valence-corrected chi connectivity index (χ0v) is 12.1. The zero-order chi connectivity index (χ0) is 15.5. The van der Waals surface area contributed by atoms with Crippen LogP contribution >= 0.6 is 0 Å². The number of hydrogen-bond acceptors (Lipinski definition) is 3. The Kier molecular flexibility index (Phi) is 4.21. The lowest BCUT2D eigenvalue weighted by atomic mass is 9.87. The maximum absolute atomic E-state index is 12.3. The molecule has 0 aliphatic heterocycles. The number of carbonyl (C=O) groups is 2. The fourth-order valence-electron chi connectivity index (χ4n) is 2.02. The first-order chi connectivity index (χ1) is 9.98. The second-order valence-corrected chi connectivity index (χ2v) is 5.28. The smallest absolute Gasteiger partial charge is 0.311 e. The molecule has 110 valence electrons. The second-order valence-electron chi connectivity index (χ2n) is 5.28. The van der Waals surface area contributed by atoms with E-state index in [2.05, 4.69) is 10.3 Å². The van der Waals surface area contributed by atoms with Crippen molar-refractivity contribution in [3.8, 4) is 0 Å². The van der Waals surface area contributed by atoms with E-state index >= 15 is 0 Å². The minimum atomic E-state index is -0.960. The Morgan fingerprint density at radius 2 is 2.05 bits per heavy atom. The Balaban J connectivity index is 2.22. The molecule has 2 rings (SSSR count). The third-order valence-corrected chi connectivity index (χ3v) is 3.83. The number of hydrogen-bond donors (Lipinski definition) is 2. The van der Waals surface area contributed by atoms with Crippen LogP contribution in [0.3, 0.4) is 0 Å². The van der Waals surface area contributed by atoms with E-state index in [1.54, 1.807) is 38.2 Å². The van der Waals surface area contributed by atoms with Crippen molar-refractivity contribution in [2.75, 3.05) is 6.54 Å². The van der Waals surface area contributed by atoms with Crippen molar-refractivity contribution in [1.29, 1.82) is 0 Å². The van der Waals surface area contributed by atoms with Crippen LogP contribution in [0, 0.1) is 5.41 Å². The number of aromatic nitrogens is 1. The first-order valence-electron chi connectivity index (χ1n) is 6.83. The highest BCUT2D eigenvalue weighted by atomic mass is 16.4. The summed E-state index contributed by atoms with van der Waals surface area (Å²) < 4.78 is 0. The monoisotopic (exact) mass is 286 g/mol. The van der Waals surface area contributed by atoms with Gasteiger partial charge in [-0.25, -0.2) is 0 Å². The molecule has 0 saturated carbocycles. The van der Waals surface area contributed by atoms with Gasteiger partial charge in [0.1, 0.15) is 0 Å². The predicted octanol–water partition coefficient (Wildman–Crippen LogP) is 2.47. The molecular weight excluding hydrogens is 268 g/mol. The molecule has 1 aromatic carbocycles. The van der Waals surface area contributed by atoms with Crippen LogP contribution < -0.4 is 5.32 Å². The molecule has 0 radical (unpaired) electrons. The van der Waals surface area contributed by atoms with Gasteiger partial charge in [0, 0.05) is 23.7 Å². The minimum absolute atomic E-state index is 0.0916. The van der Waals surface area contributed by atoms with Crippen molar-refractivity contribution in [3.63, 3.8) is 0 Å². The molecule has 5 nitrogen and oxygen atoms in total. The molecular formula is C16H18N2O3. The van der Waals surface area contributed by atoms with Crippen LogP contribution in [0.15, 0.2) is 36.5 Å². The van der Waals surface area contributed by atoms with Crippen LogP contribution in [0.4, 0.5) is 0 Å². The number of nitrogens with zero attached hydrogens (tertiary/aromatic N) is 1. The number of fused-ring (bicyclic) bond motifs is 1. The fourth-order valence-corrected chi connectivity index (χ4v) is 2.02. The van der Waals surface area contributed by atoms with Crippen molar-refractivity contribution < 1.29 is 14.7 Å². The van der Waals surface area contributed by atoms with E-state index in [0.29, 0.717) is 12.0 Å². The van der Waals surface area contributed by atoms with E-state index in [0.717, 1.165) is 10.9 Å². The highest BCUT2D eigenvalue weighted by Crippen LogP contribution is 2.21. The van der Waals surface area contributed by atoms with E-state index in [4.69, 9.17) is 0 Å². The third kappa shape index (κ3) is 3.02. The minimum Gasteiger partial charge on any atom is -0.481 e. The standard InChI is InChI=1S/C16H18N2O3/c1-3-16(2,15(20)21)10-18-14(19)12-6-4-8-13-11(12)7-5-9-17-13/h4-9H,3,10H2,1-2H3,(H,18,19)(H,20,21). The highest BCUT2D eigenvalue weighted by molar-refractivity contribution is 6.06. The maximum atomic E-state index is 12.3. The highest BCUT2D eigenvalue weighted by Gasteiger charge is 2.31.